The summed E-state index contributed by atoms with van der Waals surface area (Å²) in [5.41, 5.74) is 0.936. The van der Waals surface area contributed by atoms with Gasteiger partial charge in [0.05, 0.1) is 0 Å². The number of carbonyl (C=O) groups excluding carboxylic acids is 2. The van der Waals surface area contributed by atoms with Crippen LogP contribution in [0.1, 0.15) is 0 Å². The van der Waals surface area contributed by atoms with Crippen LogP contribution >= 0.6 is 0 Å². The molecule has 4 nitrogen and oxygen atoms in total. The Morgan fingerprint density at radius 2 is 1.57 bits per heavy atom. The van der Waals surface area contributed by atoms with Gasteiger partial charge in [0.2, 0.25) is 0 Å². The van der Waals surface area contributed by atoms with E-state index in [1.807, 2.05) is 35.2 Å². The van der Waals surface area contributed by atoms with Crippen LogP contribution in [0.2, 0.25) is 0 Å². The third kappa shape index (κ3) is 0.824. The summed E-state index contributed by atoms with van der Waals surface area (Å²) in [6, 6.07) is 8.98. The van der Waals surface area contributed by atoms with Gasteiger partial charge in [-0.15, -0.1) is 0 Å². The van der Waals surface area contributed by atoms with E-state index in [9.17, 15) is 9.59 Å². The summed E-state index contributed by atoms with van der Waals surface area (Å²) in [5, 5.41) is 2.30. The van der Waals surface area contributed by atoms with Gasteiger partial charge in [-0.3, -0.25) is 14.9 Å². The zero-order chi connectivity index (χ0) is 9.71. The van der Waals surface area contributed by atoms with Gasteiger partial charge in [-0.2, -0.15) is 0 Å². The Kier molecular flexibility index (Phi) is 1.27. The lowest BCUT2D eigenvalue weighted by atomic mass is 10.3. The van der Waals surface area contributed by atoms with Gasteiger partial charge in [-0.25, -0.2) is 0 Å². The zero-order valence-corrected chi connectivity index (χ0v) is 7.31. The van der Waals surface area contributed by atoms with E-state index in [2.05, 4.69) is 5.32 Å². The van der Waals surface area contributed by atoms with Crippen LogP contribution in [-0.2, 0) is 9.59 Å². The van der Waals surface area contributed by atoms with E-state index < -0.39 is 0 Å². The molecule has 2 saturated heterocycles. The number of hydrogen-bond donors (Lipinski definition) is 1. The van der Waals surface area contributed by atoms with E-state index in [0.29, 0.717) is 0 Å². The molecule has 4 heteroatoms. The fraction of sp³-hybridized carbons (Fsp3) is 0.200. The lowest BCUT2D eigenvalue weighted by molar-refractivity contribution is -0.126. The smallest absolute Gasteiger partial charge is 0.252 e. The average Bonchev–Trinajstić information content (AvgIpc) is 2.87. The summed E-state index contributed by atoms with van der Waals surface area (Å²) in [6.07, 6.45) is 0. The van der Waals surface area contributed by atoms with Crippen LogP contribution in [0.25, 0.3) is 0 Å². The lowest BCUT2D eigenvalue weighted by Crippen LogP contribution is -2.33. The second kappa shape index (κ2) is 2.35. The molecule has 0 spiro atoms. The summed E-state index contributed by atoms with van der Waals surface area (Å²) >= 11 is 0. The molecular weight excluding hydrogens is 180 g/mol. The highest BCUT2D eigenvalue weighted by molar-refractivity contribution is 6.18. The molecule has 0 aromatic heterocycles. The summed E-state index contributed by atoms with van der Waals surface area (Å²) in [4.78, 5) is 24.3. The number of piperazine rings is 1. The quantitative estimate of drug-likeness (QED) is 0.494. The summed E-state index contributed by atoms with van der Waals surface area (Å²) in [6.45, 7) is 0. The van der Waals surface area contributed by atoms with E-state index in [1.54, 1.807) is 0 Å². The molecule has 1 aromatic rings. The predicted octanol–water partition coefficient (Wildman–Crippen LogP) is -0.0998. The number of rotatable bonds is 1. The molecule has 0 saturated carbocycles. The van der Waals surface area contributed by atoms with Crippen molar-refractivity contribution in [2.75, 3.05) is 4.90 Å². The van der Waals surface area contributed by atoms with Crippen molar-refractivity contribution in [3.05, 3.63) is 30.3 Å². The van der Waals surface area contributed by atoms with Gasteiger partial charge in [0, 0.05) is 5.69 Å². The summed E-state index contributed by atoms with van der Waals surface area (Å²) in [5.74, 6) is -0.354. The van der Waals surface area contributed by atoms with E-state index in [-0.39, 0.29) is 23.9 Å². The maximum Gasteiger partial charge on any atom is 0.252 e. The number of nitrogens with one attached hydrogen (secondary N) is 1. The molecule has 2 atom stereocenters. The molecule has 2 fully saturated rings. The fourth-order valence-electron chi connectivity index (χ4n) is 1.96. The van der Waals surface area contributed by atoms with E-state index in [1.165, 1.54) is 0 Å². The maximum absolute atomic E-state index is 11.2. The van der Waals surface area contributed by atoms with Crippen LogP contribution in [0.4, 0.5) is 5.69 Å². The van der Waals surface area contributed by atoms with Crippen LogP contribution in [0.3, 0.4) is 0 Å². The van der Waals surface area contributed by atoms with Crippen LogP contribution in [-0.4, -0.2) is 23.9 Å². The van der Waals surface area contributed by atoms with Crippen LogP contribution in [0.15, 0.2) is 30.3 Å². The third-order valence-electron chi connectivity index (χ3n) is 2.65. The molecule has 2 heterocycles. The largest absolute Gasteiger partial charge is 0.343 e. The van der Waals surface area contributed by atoms with E-state index in [0.717, 1.165) is 5.69 Å². The van der Waals surface area contributed by atoms with Crippen molar-refractivity contribution in [1.29, 1.82) is 0 Å². The maximum atomic E-state index is 11.2. The van der Waals surface area contributed by atoms with Crippen molar-refractivity contribution in [2.24, 2.45) is 0 Å². The van der Waals surface area contributed by atoms with Crippen molar-refractivity contribution in [1.82, 2.24) is 5.32 Å². The molecule has 2 aliphatic heterocycles. The molecule has 1 aromatic carbocycles. The fourth-order valence-corrected chi connectivity index (χ4v) is 1.96. The number of hydrogen-bond acceptors (Lipinski definition) is 3. The minimum atomic E-state index is -0.259. The van der Waals surface area contributed by atoms with E-state index >= 15 is 0 Å². The molecule has 0 aliphatic carbocycles. The Hall–Kier alpha value is -1.84. The van der Waals surface area contributed by atoms with Gasteiger partial charge < -0.3 is 4.90 Å². The van der Waals surface area contributed by atoms with Gasteiger partial charge in [0.25, 0.3) is 11.8 Å². The van der Waals surface area contributed by atoms with Gasteiger partial charge in [-0.1, -0.05) is 18.2 Å². The van der Waals surface area contributed by atoms with Gasteiger partial charge in [0.15, 0.2) is 0 Å². The number of anilines is 1. The molecule has 0 radical (unpaired) electrons. The molecule has 3 rings (SSSR count). The Balaban J connectivity index is 1.93. The third-order valence-corrected chi connectivity index (χ3v) is 2.65. The molecule has 2 unspecified atom stereocenters. The highest BCUT2D eigenvalue weighted by Crippen LogP contribution is 2.38. The van der Waals surface area contributed by atoms with Gasteiger partial charge in [-0.05, 0) is 12.1 Å². The normalized spacial score (nSPS) is 28.7. The van der Waals surface area contributed by atoms with Crippen LogP contribution < -0.4 is 10.2 Å². The van der Waals surface area contributed by atoms with Gasteiger partial charge in [0.1, 0.15) is 12.1 Å². The Bertz CT molecular complexity index is 395. The average molecular weight is 188 g/mol. The first-order chi connectivity index (χ1) is 6.79. The monoisotopic (exact) mass is 188 g/mol. The first kappa shape index (κ1) is 7.55. The number of fused-ring (bicyclic) bond motifs is 1. The Labute approximate surface area is 80.5 Å². The first-order valence-electron chi connectivity index (χ1n) is 4.47. The lowest BCUT2D eigenvalue weighted by Gasteiger charge is -2.08. The summed E-state index contributed by atoms with van der Waals surface area (Å²) in [7, 11) is 0. The van der Waals surface area contributed by atoms with Crippen LogP contribution in [0, 0.1) is 0 Å². The van der Waals surface area contributed by atoms with Gasteiger partial charge >= 0.3 is 0 Å². The SMILES string of the molecule is O=C1NC(=O)C2C1N2c1ccccc1. The second-order valence-corrected chi connectivity index (χ2v) is 3.49. The summed E-state index contributed by atoms with van der Waals surface area (Å²) < 4.78 is 0. The molecule has 2 aliphatic rings. The first-order valence-corrected chi connectivity index (χ1v) is 4.47. The van der Waals surface area contributed by atoms with Crippen LogP contribution in [0.5, 0.6) is 0 Å². The predicted molar refractivity (Wildman–Crippen MR) is 49.6 cm³/mol. The minimum absolute atomic E-state index is 0.177. The number of benzene rings is 1. The molecule has 0 bridgehead atoms. The standard InChI is InChI=1S/C10H8N2O2/c13-9-7-8(10(14)11-9)12(7)6-4-2-1-3-5-6/h1-5,7-8H,(H,11,13,14). The number of carbonyl (C=O) groups is 2. The molecular formula is C10H8N2O2. The Morgan fingerprint density at radius 3 is 2.14 bits per heavy atom. The zero-order valence-electron chi connectivity index (χ0n) is 7.31. The topological polar surface area (TPSA) is 49.2 Å². The number of amides is 2. The second-order valence-electron chi connectivity index (χ2n) is 3.49. The number of imide groups is 1. The van der Waals surface area contributed by atoms with Crippen molar-refractivity contribution in [2.45, 2.75) is 12.1 Å². The highest BCUT2D eigenvalue weighted by Gasteiger charge is 2.62. The van der Waals surface area contributed by atoms with Crippen molar-refractivity contribution in [3.8, 4) is 0 Å². The molecule has 2 amide bonds. The Morgan fingerprint density at radius 1 is 1.00 bits per heavy atom. The molecule has 1 N–H and O–H groups in total. The highest BCUT2D eigenvalue weighted by atomic mass is 16.2. The minimum Gasteiger partial charge on any atom is -0.343 e. The molecule has 70 valence electrons. The number of para-hydroxylation sites is 1. The van der Waals surface area contributed by atoms with Crippen molar-refractivity contribution < 1.29 is 9.59 Å². The van der Waals surface area contributed by atoms with Crippen molar-refractivity contribution >= 4 is 17.5 Å². The van der Waals surface area contributed by atoms with E-state index in [4.69, 9.17) is 0 Å². The van der Waals surface area contributed by atoms with Crippen molar-refractivity contribution in [3.63, 3.8) is 0 Å². The molecule has 14 heavy (non-hydrogen) atoms. The number of nitrogens with zero attached hydrogens (tertiary/aromatic N) is 1.